The highest BCUT2D eigenvalue weighted by Gasteiger charge is 2.33. The Kier molecular flexibility index (Phi) is 9.10. The molecule has 0 fully saturated rings. The summed E-state index contributed by atoms with van der Waals surface area (Å²) in [6.07, 6.45) is 1.57. The number of aromatic nitrogens is 2. The molecule has 0 atom stereocenters. The van der Waals surface area contributed by atoms with E-state index in [1.54, 1.807) is 66.9 Å². The third-order valence-electron chi connectivity index (χ3n) is 15.4. The lowest BCUT2D eigenvalue weighted by Gasteiger charge is -2.28. The summed E-state index contributed by atoms with van der Waals surface area (Å²) in [4.78, 5) is 8.83. The van der Waals surface area contributed by atoms with E-state index in [9.17, 15) is 8.22 Å². The third-order valence-corrected chi connectivity index (χ3v) is 15.4. The van der Waals surface area contributed by atoms with Gasteiger partial charge in [0.05, 0.1) is 55.5 Å². The Bertz CT molecular complexity index is 5700. The molecule has 14 rings (SSSR count). The lowest BCUT2D eigenvalue weighted by molar-refractivity contribution is 0.479. The molecule has 0 saturated heterocycles. The predicted molar refractivity (Wildman–Crippen MR) is 358 cm³/mol. The average molecular weight is 1140 g/mol. The van der Waals surface area contributed by atoms with E-state index < -0.39 is 132 Å². The van der Waals surface area contributed by atoms with Crippen molar-refractivity contribution in [1.29, 1.82) is 0 Å². The number of nitrogens with zero attached hydrogens (tertiary/aromatic N) is 4. The number of pyridine rings is 1. The van der Waals surface area contributed by atoms with E-state index >= 15 is 0 Å². The molecule has 11 aromatic carbocycles. The zero-order valence-corrected chi connectivity index (χ0v) is 47.8. The van der Waals surface area contributed by atoms with Crippen LogP contribution < -0.4 is 19.3 Å². The van der Waals surface area contributed by atoms with Crippen LogP contribution in [-0.4, -0.2) is 16.2 Å². The third kappa shape index (κ3) is 10.2. The van der Waals surface area contributed by atoms with Gasteiger partial charge in [0, 0.05) is 63.1 Å². The Balaban J connectivity index is 0.893. The molecule has 0 aliphatic carbocycles. The Labute approximate surface area is 532 Å². The van der Waals surface area contributed by atoms with Crippen molar-refractivity contribution in [1.82, 2.24) is 9.55 Å². The average Bonchev–Trinajstić information content (AvgIpc) is 1.75. The molecule has 0 saturated carbocycles. The first kappa shape index (κ1) is 35.6. The van der Waals surface area contributed by atoms with Crippen LogP contribution in [0.15, 0.2) is 279 Å². The first-order chi connectivity index (χ1) is 50.2. The van der Waals surface area contributed by atoms with Gasteiger partial charge in [-0.05, 0) is 110 Å². The molecule has 6 nitrogen and oxygen atoms in total. The van der Waals surface area contributed by atoms with E-state index in [2.05, 4.69) is 20.8 Å². The van der Waals surface area contributed by atoms with Gasteiger partial charge in [-0.2, -0.15) is 0 Å². The summed E-state index contributed by atoms with van der Waals surface area (Å²) >= 11 is 0. The Morgan fingerprint density at radius 3 is 1.56 bits per heavy atom. The zero-order chi connectivity index (χ0) is 75.9. The van der Waals surface area contributed by atoms with E-state index in [-0.39, 0.29) is 62.8 Å². The zero-order valence-electron chi connectivity index (χ0n) is 67.8. The molecule has 0 N–H and O–H groups in total. The maximum Gasteiger partial charge on any atom is 0.143 e. The number of hydrogen-bond acceptors (Lipinski definition) is 5. The van der Waals surface area contributed by atoms with Gasteiger partial charge in [-0.25, -0.2) is 4.98 Å². The minimum atomic E-state index is -0.598. The lowest BCUT2D eigenvalue weighted by Crippen LogP contribution is -2.25. The van der Waals surface area contributed by atoms with Gasteiger partial charge in [0.1, 0.15) is 35.5 Å². The first-order valence-corrected chi connectivity index (χ1v) is 28.0. The second-order valence-corrected chi connectivity index (χ2v) is 23.0. The van der Waals surface area contributed by atoms with Crippen LogP contribution in [0, 0.1) is 0 Å². The van der Waals surface area contributed by atoms with Gasteiger partial charge in [0.15, 0.2) is 0 Å². The van der Waals surface area contributed by atoms with Gasteiger partial charge in [-0.15, -0.1) is 0 Å². The molecule has 0 amide bonds. The number of fused-ring (bicyclic) bond motifs is 4. The molecule has 2 aromatic heterocycles. The highest BCUT2D eigenvalue weighted by molar-refractivity contribution is 6.09. The molecular formula is C80H66N4O2. The number of para-hydroxylation sites is 5. The molecule has 3 heterocycles. The van der Waals surface area contributed by atoms with Crippen LogP contribution in [0.1, 0.15) is 80.1 Å². The summed E-state index contributed by atoms with van der Waals surface area (Å²) in [6, 6.07) is 34.9. The van der Waals surface area contributed by atoms with E-state index in [1.807, 2.05) is 126 Å². The first-order valence-electron chi connectivity index (χ1n) is 38.0. The number of benzene rings is 11. The summed E-state index contributed by atoms with van der Waals surface area (Å²) in [7, 11) is 0. The molecule has 1 aliphatic heterocycles. The van der Waals surface area contributed by atoms with Crippen LogP contribution in [0.4, 0.5) is 22.7 Å². The predicted octanol–water partition coefficient (Wildman–Crippen LogP) is 21.9. The van der Waals surface area contributed by atoms with Crippen LogP contribution in [0.2, 0.25) is 0 Å². The van der Waals surface area contributed by atoms with Crippen LogP contribution in [0.3, 0.4) is 0 Å². The van der Waals surface area contributed by atoms with Gasteiger partial charge in [-0.1, -0.05) is 241 Å². The van der Waals surface area contributed by atoms with Crippen LogP contribution in [0.5, 0.6) is 23.0 Å². The molecular weight excluding hydrogens is 1050 g/mol. The van der Waals surface area contributed by atoms with Crippen molar-refractivity contribution in [2.45, 2.75) is 52.4 Å². The van der Waals surface area contributed by atoms with Crippen LogP contribution >= 0.6 is 0 Å². The number of anilines is 4. The second kappa shape index (κ2) is 22.0. The highest BCUT2D eigenvalue weighted by Crippen LogP contribution is 2.52. The molecule has 86 heavy (non-hydrogen) atoms. The van der Waals surface area contributed by atoms with E-state index in [0.717, 1.165) is 27.4 Å². The maximum atomic E-state index is 9.23. The van der Waals surface area contributed by atoms with Gasteiger partial charge < -0.3 is 19.3 Å². The Hall–Kier alpha value is -10.4. The van der Waals surface area contributed by atoms with Crippen LogP contribution in [0.25, 0.3) is 83.3 Å². The van der Waals surface area contributed by atoms with E-state index in [0.29, 0.717) is 56.6 Å². The lowest BCUT2D eigenvalue weighted by atomic mass is 9.83. The molecule has 13 aromatic rings. The van der Waals surface area contributed by atoms with Crippen molar-refractivity contribution >= 4 is 44.6 Å². The van der Waals surface area contributed by atoms with E-state index in [4.69, 9.17) is 33.6 Å². The number of rotatable bonds is 12. The fourth-order valence-corrected chi connectivity index (χ4v) is 11.2. The summed E-state index contributed by atoms with van der Waals surface area (Å²) < 4.78 is 193. The summed E-state index contributed by atoms with van der Waals surface area (Å²) in [5.74, 6) is 1.55. The van der Waals surface area contributed by atoms with Gasteiger partial charge >= 0.3 is 0 Å². The molecule has 0 spiro atoms. The molecule has 0 radical (unpaired) electrons. The SMILES string of the molecule is [2H]c1c([2H])c([2H])c(-c2cc(-c3cccc(-c4c([2H])c([2H])c([2H])c([2H])c4[2H])c3Oc3ccnc(-n4c5ccccc5c5ccc(Oc6cc(N7CN(c8c(-c9c([2H])c([2H])c([2H])c([2H])c9[2H])cccc8-c8c([2H])c([2H])c([2H])c([2H])c8[2H])c8ccccc87)cc(C(C)(C)C)c6)cc54)c3)cc(C(C)(C)C)c2)c([2H])c1[2H]. The van der Waals surface area contributed by atoms with Crippen molar-refractivity contribution < 1.29 is 36.9 Å². The largest absolute Gasteiger partial charge is 0.457 e. The molecule has 6 heteroatoms. The Morgan fingerprint density at radius 2 is 0.919 bits per heavy atom. The topological polar surface area (TPSA) is 42.8 Å². The van der Waals surface area contributed by atoms with Gasteiger partial charge in [0.2, 0.25) is 0 Å². The molecule has 1 aliphatic rings. The maximum absolute atomic E-state index is 9.23. The summed E-state index contributed by atoms with van der Waals surface area (Å²) in [5.41, 5.74) is 5.29. The minimum Gasteiger partial charge on any atom is -0.457 e. The van der Waals surface area contributed by atoms with Crippen molar-refractivity contribution in [3.05, 3.63) is 290 Å². The minimum absolute atomic E-state index is 0.00732. The van der Waals surface area contributed by atoms with Gasteiger partial charge in [-0.3, -0.25) is 4.57 Å². The standard InChI is InChI=1S/C80H66N4O2/c1-79(2,3)60-46-58(54-25-11-7-12-26-54)45-59(47-60)69-37-24-36-68(57-31-17-10-18-32-57)78(69)86-64-43-44-81-76(52-64)84-72-38-20-19-33-70(72)71-42-41-63(51-75(71)84)85-65-49-61(80(4,5)6)48-62(50-65)82-53-83(74-40-22-21-39-73(74)82)77-66(55-27-13-8-14-28-55)34-23-35-67(77)56-29-15-9-16-30-56/h7-52H,53H2,1-6H3/i7D,8D,9D,10D,11D,12D,13D,14D,15D,16D,17D,18D,25D,26D,27D,28D,29D,30D,31D,32D. The van der Waals surface area contributed by atoms with Gasteiger partial charge in [0.25, 0.3) is 0 Å². The van der Waals surface area contributed by atoms with Crippen LogP contribution in [-0.2, 0) is 10.8 Å². The quantitative estimate of drug-likeness (QED) is 0.122. The molecule has 0 unspecified atom stereocenters. The number of hydrogen-bond donors (Lipinski definition) is 0. The van der Waals surface area contributed by atoms with Crippen molar-refractivity contribution in [3.8, 4) is 84.5 Å². The smallest absolute Gasteiger partial charge is 0.143 e. The second-order valence-electron chi connectivity index (χ2n) is 23.0. The number of ether oxygens (including phenoxy) is 2. The molecule has 0 bridgehead atoms. The highest BCUT2D eigenvalue weighted by atomic mass is 16.5. The van der Waals surface area contributed by atoms with E-state index in [1.165, 1.54) is 0 Å². The van der Waals surface area contributed by atoms with Crippen molar-refractivity contribution in [2.24, 2.45) is 0 Å². The Morgan fingerprint density at radius 1 is 0.395 bits per heavy atom. The fraction of sp³-hybridized carbons (Fsp3) is 0.113. The molecule has 418 valence electrons. The fourth-order valence-electron chi connectivity index (χ4n) is 11.2. The summed E-state index contributed by atoms with van der Waals surface area (Å²) in [6.45, 7) is 12.2. The summed E-state index contributed by atoms with van der Waals surface area (Å²) in [5, 5.41) is 1.71. The van der Waals surface area contributed by atoms with Crippen molar-refractivity contribution in [2.75, 3.05) is 16.5 Å². The van der Waals surface area contributed by atoms with Crippen molar-refractivity contribution in [3.63, 3.8) is 0 Å². The monoisotopic (exact) mass is 1130 g/mol. The normalized spacial score (nSPS) is 15.7.